The van der Waals surface area contributed by atoms with Crippen molar-refractivity contribution >= 4 is 11.9 Å². The second kappa shape index (κ2) is 5.57. The summed E-state index contributed by atoms with van der Waals surface area (Å²) in [4.78, 5) is 26.0. The molecule has 0 aliphatic carbocycles. The maximum Gasteiger partial charge on any atom is 0.309 e. The first-order valence-corrected chi connectivity index (χ1v) is 5.46. The summed E-state index contributed by atoms with van der Waals surface area (Å²) in [7, 11) is 0. The van der Waals surface area contributed by atoms with Crippen LogP contribution >= 0.6 is 0 Å². The lowest BCUT2D eigenvalue weighted by Crippen LogP contribution is -2.32. The number of carbonyl (C=O) groups is 2. The summed E-state index contributed by atoms with van der Waals surface area (Å²) in [5.74, 6) is -2.21. The maximum atomic E-state index is 13.2. The molecule has 0 unspecified atom stereocenters. The Morgan fingerprint density at radius 3 is 2.72 bits per heavy atom. The van der Waals surface area contributed by atoms with Gasteiger partial charge < -0.3 is 10.4 Å². The van der Waals surface area contributed by atoms with Crippen LogP contribution in [0.1, 0.15) is 30.6 Å². The first kappa shape index (κ1) is 14.1. The summed E-state index contributed by atoms with van der Waals surface area (Å²) in [6, 6.07) is 1.27. The molecule has 0 radical (unpaired) electrons. The topological polar surface area (TPSA) is 79.3 Å². The predicted molar refractivity (Wildman–Crippen MR) is 62.6 cm³/mol. The van der Waals surface area contributed by atoms with Gasteiger partial charge in [-0.15, -0.1) is 0 Å². The second-order valence-electron chi connectivity index (χ2n) is 4.55. The molecule has 1 aromatic rings. The number of carbonyl (C=O) groups excluding carboxylic acids is 1. The zero-order chi connectivity index (χ0) is 13.8. The second-order valence-corrected chi connectivity index (χ2v) is 4.55. The van der Waals surface area contributed by atoms with Gasteiger partial charge in [-0.25, -0.2) is 4.39 Å². The zero-order valence-corrected chi connectivity index (χ0v) is 10.2. The normalized spacial score (nSPS) is 11.1. The standard InChI is InChI=1S/C12H15FN2O3/c1-12(2,11(17)18)4-6-15-10(16)8-3-5-14-7-9(8)13/h3,5,7H,4,6H2,1-2H3,(H,15,16)(H,17,18). The van der Waals surface area contributed by atoms with Crippen LogP contribution in [0.3, 0.4) is 0 Å². The minimum absolute atomic E-state index is 0.0990. The Morgan fingerprint density at radius 1 is 1.50 bits per heavy atom. The zero-order valence-electron chi connectivity index (χ0n) is 10.2. The highest BCUT2D eigenvalue weighted by molar-refractivity contribution is 5.94. The van der Waals surface area contributed by atoms with Gasteiger partial charge in [-0.05, 0) is 26.3 Å². The summed E-state index contributed by atoms with van der Waals surface area (Å²) in [6.45, 7) is 3.29. The molecule has 6 heteroatoms. The molecule has 0 aliphatic rings. The van der Waals surface area contributed by atoms with Gasteiger partial charge in [0.2, 0.25) is 0 Å². The SMILES string of the molecule is CC(C)(CCNC(=O)c1ccncc1F)C(=O)O. The van der Waals surface area contributed by atoms with Gasteiger partial charge in [0, 0.05) is 12.7 Å². The Morgan fingerprint density at radius 2 is 2.17 bits per heavy atom. The molecule has 0 atom stereocenters. The molecule has 5 nitrogen and oxygen atoms in total. The molecule has 0 spiro atoms. The summed E-state index contributed by atoms with van der Waals surface area (Å²) in [6.07, 6.45) is 2.54. The van der Waals surface area contributed by atoms with Crippen molar-refractivity contribution in [3.05, 3.63) is 29.8 Å². The molecule has 1 heterocycles. The van der Waals surface area contributed by atoms with Crippen LogP contribution in [-0.2, 0) is 4.79 Å². The lowest BCUT2D eigenvalue weighted by atomic mass is 9.90. The number of amides is 1. The van der Waals surface area contributed by atoms with Gasteiger partial charge in [-0.1, -0.05) is 0 Å². The van der Waals surface area contributed by atoms with E-state index in [-0.39, 0.29) is 18.5 Å². The molecule has 0 saturated carbocycles. The van der Waals surface area contributed by atoms with E-state index in [1.807, 2.05) is 0 Å². The van der Waals surface area contributed by atoms with Gasteiger partial charge in [-0.3, -0.25) is 14.6 Å². The Balaban J connectivity index is 2.53. The lowest BCUT2D eigenvalue weighted by Gasteiger charge is -2.18. The third kappa shape index (κ3) is 3.51. The van der Waals surface area contributed by atoms with Crippen LogP contribution in [0.25, 0.3) is 0 Å². The van der Waals surface area contributed by atoms with Crippen LogP contribution in [0, 0.1) is 11.2 Å². The highest BCUT2D eigenvalue weighted by Crippen LogP contribution is 2.19. The minimum Gasteiger partial charge on any atom is -0.481 e. The molecular weight excluding hydrogens is 239 g/mol. The highest BCUT2D eigenvalue weighted by Gasteiger charge is 2.26. The number of carboxylic acids is 1. The van der Waals surface area contributed by atoms with Gasteiger partial charge in [0.25, 0.3) is 5.91 Å². The molecule has 1 rings (SSSR count). The van der Waals surface area contributed by atoms with Crippen LogP contribution in [0.15, 0.2) is 18.5 Å². The fraction of sp³-hybridized carbons (Fsp3) is 0.417. The smallest absolute Gasteiger partial charge is 0.309 e. The van der Waals surface area contributed by atoms with Crippen molar-refractivity contribution in [1.82, 2.24) is 10.3 Å². The van der Waals surface area contributed by atoms with Crippen molar-refractivity contribution in [2.75, 3.05) is 6.54 Å². The average molecular weight is 254 g/mol. The average Bonchev–Trinajstić information content (AvgIpc) is 2.29. The summed E-state index contributed by atoms with van der Waals surface area (Å²) in [5.41, 5.74) is -1.03. The Labute approximate surface area is 104 Å². The van der Waals surface area contributed by atoms with E-state index >= 15 is 0 Å². The van der Waals surface area contributed by atoms with E-state index < -0.39 is 23.1 Å². The molecule has 0 fully saturated rings. The molecule has 1 amide bonds. The Hall–Kier alpha value is -1.98. The van der Waals surface area contributed by atoms with Crippen molar-refractivity contribution in [3.63, 3.8) is 0 Å². The summed E-state index contributed by atoms with van der Waals surface area (Å²) < 4.78 is 13.2. The largest absolute Gasteiger partial charge is 0.481 e. The van der Waals surface area contributed by atoms with Crippen LogP contribution in [-0.4, -0.2) is 28.5 Å². The van der Waals surface area contributed by atoms with E-state index in [9.17, 15) is 14.0 Å². The van der Waals surface area contributed by atoms with Gasteiger partial charge >= 0.3 is 5.97 Å². The Kier molecular flexibility index (Phi) is 4.36. The quantitative estimate of drug-likeness (QED) is 0.833. The third-order valence-corrected chi connectivity index (χ3v) is 2.63. The number of halogens is 1. The number of hydrogen-bond donors (Lipinski definition) is 2. The number of aliphatic carboxylic acids is 1. The predicted octanol–water partition coefficient (Wildman–Crippen LogP) is 1.45. The minimum atomic E-state index is -0.938. The number of pyridine rings is 1. The number of rotatable bonds is 5. The first-order valence-electron chi connectivity index (χ1n) is 5.46. The van der Waals surface area contributed by atoms with Crippen molar-refractivity contribution in [2.24, 2.45) is 5.41 Å². The fourth-order valence-electron chi connectivity index (χ4n) is 1.25. The van der Waals surface area contributed by atoms with Crippen molar-refractivity contribution in [3.8, 4) is 0 Å². The van der Waals surface area contributed by atoms with E-state index in [0.29, 0.717) is 0 Å². The van der Waals surface area contributed by atoms with Crippen molar-refractivity contribution in [2.45, 2.75) is 20.3 Å². The number of nitrogens with zero attached hydrogens (tertiary/aromatic N) is 1. The van der Waals surface area contributed by atoms with Crippen LogP contribution in [0.4, 0.5) is 4.39 Å². The fourth-order valence-corrected chi connectivity index (χ4v) is 1.25. The molecule has 0 bridgehead atoms. The number of nitrogens with one attached hydrogen (secondary N) is 1. The van der Waals surface area contributed by atoms with E-state index in [1.165, 1.54) is 12.3 Å². The van der Waals surface area contributed by atoms with Gasteiger partial charge in [0.15, 0.2) is 5.82 Å². The summed E-state index contributed by atoms with van der Waals surface area (Å²) in [5, 5.41) is 11.4. The third-order valence-electron chi connectivity index (χ3n) is 2.63. The molecular formula is C12H15FN2O3. The van der Waals surface area contributed by atoms with E-state index in [1.54, 1.807) is 13.8 Å². The van der Waals surface area contributed by atoms with E-state index in [2.05, 4.69) is 10.3 Å². The number of aromatic nitrogens is 1. The van der Waals surface area contributed by atoms with Crippen LogP contribution in [0.5, 0.6) is 0 Å². The Bertz CT molecular complexity index is 460. The van der Waals surface area contributed by atoms with Crippen LogP contribution in [0.2, 0.25) is 0 Å². The molecule has 1 aromatic heterocycles. The van der Waals surface area contributed by atoms with E-state index in [4.69, 9.17) is 5.11 Å². The number of carboxylic acid groups (broad SMARTS) is 1. The van der Waals surface area contributed by atoms with E-state index in [0.717, 1.165) is 6.20 Å². The lowest BCUT2D eigenvalue weighted by molar-refractivity contribution is -0.147. The van der Waals surface area contributed by atoms with Crippen molar-refractivity contribution < 1.29 is 19.1 Å². The van der Waals surface area contributed by atoms with Gasteiger partial charge in [0.1, 0.15) is 0 Å². The molecule has 0 aliphatic heterocycles. The van der Waals surface area contributed by atoms with Crippen molar-refractivity contribution in [1.29, 1.82) is 0 Å². The maximum absolute atomic E-state index is 13.2. The molecule has 0 saturated heterocycles. The molecule has 0 aromatic carbocycles. The van der Waals surface area contributed by atoms with Gasteiger partial charge in [-0.2, -0.15) is 0 Å². The number of hydrogen-bond acceptors (Lipinski definition) is 3. The molecule has 98 valence electrons. The highest BCUT2D eigenvalue weighted by atomic mass is 19.1. The van der Waals surface area contributed by atoms with Crippen LogP contribution < -0.4 is 5.32 Å². The first-order chi connectivity index (χ1) is 8.34. The van der Waals surface area contributed by atoms with Gasteiger partial charge in [0.05, 0.1) is 17.2 Å². The molecule has 18 heavy (non-hydrogen) atoms. The molecule has 2 N–H and O–H groups in total. The monoisotopic (exact) mass is 254 g/mol. The summed E-state index contributed by atoms with van der Waals surface area (Å²) >= 11 is 0.